The second kappa shape index (κ2) is 8.49. The molecule has 1 aromatic rings. The lowest BCUT2D eigenvalue weighted by Crippen LogP contribution is -2.23. The number of halogens is 4. The van der Waals surface area contributed by atoms with Crippen LogP contribution in [0.5, 0.6) is 0 Å². The molecule has 2 saturated carbocycles. The van der Waals surface area contributed by atoms with E-state index in [0.717, 1.165) is 48.3 Å². The van der Waals surface area contributed by atoms with E-state index >= 15 is 0 Å². The zero-order valence-corrected chi connectivity index (χ0v) is 16.9. The molecule has 0 spiro atoms. The summed E-state index contributed by atoms with van der Waals surface area (Å²) in [6, 6.07) is 1.71. The molecule has 0 heterocycles. The lowest BCUT2D eigenvalue weighted by molar-refractivity contribution is 0.184. The Balaban J connectivity index is 1.44. The highest BCUT2D eigenvalue weighted by molar-refractivity contribution is 5.79. The maximum absolute atomic E-state index is 14.7. The number of hydrogen-bond acceptors (Lipinski definition) is 0. The molecular formula is C25H28F4. The fourth-order valence-corrected chi connectivity index (χ4v) is 5.35. The normalized spacial score (nSPS) is 28.2. The Morgan fingerprint density at radius 2 is 1.38 bits per heavy atom. The third-order valence-corrected chi connectivity index (χ3v) is 7.19. The largest absolute Gasteiger partial charge is 0.206 e. The molecule has 0 saturated heterocycles. The molecule has 3 aliphatic rings. The first-order chi connectivity index (χ1) is 13.9. The van der Waals surface area contributed by atoms with E-state index in [9.17, 15) is 17.6 Å². The topological polar surface area (TPSA) is 0 Å². The molecule has 0 atom stereocenters. The van der Waals surface area contributed by atoms with Gasteiger partial charge in [-0.15, -0.1) is 0 Å². The zero-order chi connectivity index (χ0) is 20.5. The van der Waals surface area contributed by atoms with Gasteiger partial charge in [0.1, 0.15) is 5.83 Å². The first-order valence-corrected chi connectivity index (χ1v) is 10.9. The van der Waals surface area contributed by atoms with Crippen molar-refractivity contribution < 1.29 is 17.6 Å². The van der Waals surface area contributed by atoms with E-state index in [-0.39, 0.29) is 11.1 Å². The minimum Gasteiger partial charge on any atom is -0.206 e. The van der Waals surface area contributed by atoms with Gasteiger partial charge in [-0.25, -0.2) is 17.6 Å². The lowest BCUT2D eigenvalue weighted by Gasteiger charge is -2.36. The molecular weight excluding hydrogens is 376 g/mol. The van der Waals surface area contributed by atoms with E-state index < -0.39 is 23.3 Å². The van der Waals surface area contributed by atoms with Crippen LogP contribution in [0.4, 0.5) is 17.6 Å². The van der Waals surface area contributed by atoms with E-state index in [1.165, 1.54) is 50.2 Å². The highest BCUT2D eigenvalue weighted by Crippen LogP contribution is 2.43. The Hall–Kier alpha value is -1.84. The molecule has 4 heteroatoms. The van der Waals surface area contributed by atoms with Crippen LogP contribution in [0.15, 0.2) is 41.3 Å². The van der Waals surface area contributed by atoms with Crippen LogP contribution >= 0.6 is 0 Å². The first-order valence-electron chi connectivity index (χ1n) is 10.9. The Kier molecular flexibility index (Phi) is 5.98. The molecule has 0 amide bonds. The van der Waals surface area contributed by atoms with E-state index in [4.69, 9.17) is 0 Å². The van der Waals surface area contributed by atoms with E-state index in [1.54, 1.807) is 6.08 Å². The monoisotopic (exact) mass is 404 g/mol. The van der Waals surface area contributed by atoms with Crippen molar-refractivity contribution in [3.8, 4) is 0 Å². The van der Waals surface area contributed by atoms with Crippen LogP contribution in [0.3, 0.4) is 0 Å². The van der Waals surface area contributed by atoms with Crippen LogP contribution < -0.4 is 0 Å². The molecule has 2 fully saturated rings. The van der Waals surface area contributed by atoms with Crippen LogP contribution in [0, 0.1) is 35.2 Å². The van der Waals surface area contributed by atoms with Gasteiger partial charge in [-0.3, -0.25) is 0 Å². The van der Waals surface area contributed by atoms with Crippen molar-refractivity contribution in [1.29, 1.82) is 0 Å². The van der Waals surface area contributed by atoms with Gasteiger partial charge in [0.15, 0.2) is 17.5 Å². The Labute approximate surface area is 170 Å². The summed E-state index contributed by atoms with van der Waals surface area (Å²) in [4.78, 5) is 0. The summed E-state index contributed by atoms with van der Waals surface area (Å²) >= 11 is 0. The van der Waals surface area contributed by atoms with Gasteiger partial charge >= 0.3 is 0 Å². The van der Waals surface area contributed by atoms with E-state index in [2.05, 4.69) is 6.92 Å². The van der Waals surface area contributed by atoms with Crippen molar-refractivity contribution in [1.82, 2.24) is 0 Å². The molecule has 0 nitrogen and oxygen atoms in total. The molecule has 0 N–H and O–H groups in total. The van der Waals surface area contributed by atoms with Gasteiger partial charge in [0.05, 0.1) is 0 Å². The number of allylic oxidation sites excluding steroid dienone is 6. The molecule has 0 aliphatic heterocycles. The van der Waals surface area contributed by atoms with Crippen LogP contribution in [0.1, 0.15) is 70.3 Å². The zero-order valence-electron chi connectivity index (χ0n) is 16.9. The molecule has 29 heavy (non-hydrogen) atoms. The highest BCUT2D eigenvalue weighted by atomic mass is 19.2. The summed E-state index contributed by atoms with van der Waals surface area (Å²) < 4.78 is 54.9. The first kappa shape index (κ1) is 20.4. The minimum absolute atomic E-state index is 0.0365. The summed E-state index contributed by atoms with van der Waals surface area (Å²) in [5, 5.41) is 0. The van der Waals surface area contributed by atoms with Crippen LogP contribution in [-0.4, -0.2) is 0 Å². The van der Waals surface area contributed by atoms with Crippen molar-refractivity contribution in [3.05, 3.63) is 64.3 Å². The van der Waals surface area contributed by atoms with Crippen molar-refractivity contribution in [3.63, 3.8) is 0 Å². The van der Waals surface area contributed by atoms with Gasteiger partial charge < -0.3 is 0 Å². The van der Waals surface area contributed by atoms with Gasteiger partial charge in [-0.2, -0.15) is 0 Å². The Morgan fingerprint density at radius 3 is 1.97 bits per heavy atom. The lowest BCUT2D eigenvalue weighted by atomic mass is 9.70. The standard InChI is InChI=1S/C25H28F4/c1-15-2-4-16(5-3-15)17-6-8-18(9-7-17)19-10-11-21(22(26)12-19)20-13-23(27)25(29)24(28)14-20/h11-17H,2-10H2,1H3. The van der Waals surface area contributed by atoms with Crippen LogP contribution in [0.2, 0.25) is 0 Å². The molecule has 3 aliphatic carbocycles. The van der Waals surface area contributed by atoms with E-state index in [1.807, 2.05) is 0 Å². The molecule has 0 unspecified atom stereocenters. The quantitative estimate of drug-likeness (QED) is 0.345. The average molecular weight is 404 g/mol. The fourth-order valence-electron chi connectivity index (χ4n) is 5.35. The smallest absolute Gasteiger partial charge is 0.194 e. The summed E-state index contributed by atoms with van der Waals surface area (Å²) in [5.41, 5.74) is 2.48. The maximum Gasteiger partial charge on any atom is 0.194 e. The van der Waals surface area contributed by atoms with Gasteiger partial charge in [-0.1, -0.05) is 31.4 Å². The maximum atomic E-state index is 14.7. The molecule has 156 valence electrons. The molecule has 4 rings (SSSR count). The second-order valence-corrected chi connectivity index (χ2v) is 9.05. The summed E-state index contributed by atoms with van der Waals surface area (Å²) in [6.45, 7) is 2.35. The SMILES string of the molecule is CC1CCC(C2CCC(=C3C=C(F)C(c4cc(F)c(F)c(F)c4)=CC3)CC2)CC1. The predicted octanol–water partition coefficient (Wildman–Crippen LogP) is 8.06. The number of benzene rings is 1. The molecule has 1 aromatic carbocycles. The summed E-state index contributed by atoms with van der Waals surface area (Å²) in [6.07, 6.45) is 13.5. The predicted molar refractivity (Wildman–Crippen MR) is 108 cm³/mol. The van der Waals surface area contributed by atoms with Crippen molar-refractivity contribution >= 4 is 5.57 Å². The van der Waals surface area contributed by atoms with Gasteiger partial charge in [-0.05, 0) is 92.0 Å². The highest BCUT2D eigenvalue weighted by Gasteiger charge is 2.29. The second-order valence-electron chi connectivity index (χ2n) is 9.05. The van der Waals surface area contributed by atoms with E-state index in [0.29, 0.717) is 6.42 Å². The van der Waals surface area contributed by atoms with Gasteiger partial charge in [0, 0.05) is 5.57 Å². The molecule has 0 aromatic heterocycles. The average Bonchev–Trinajstić information content (AvgIpc) is 2.72. The minimum atomic E-state index is -1.53. The Morgan fingerprint density at radius 1 is 0.793 bits per heavy atom. The third kappa shape index (κ3) is 4.36. The number of rotatable bonds is 2. The van der Waals surface area contributed by atoms with Crippen LogP contribution in [-0.2, 0) is 0 Å². The fraction of sp³-hybridized carbons (Fsp3) is 0.520. The summed E-state index contributed by atoms with van der Waals surface area (Å²) in [5.74, 6) is -2.12. The van der Waals surface area contributed by atoms with Crippen molar-refractivity contribution in [2.24, 2.45) is 17.8 Å². The third-order valence-electron chi connectivity index (χ3n) is 7.19. The molecule has 0 radical (unpaired) electrons. The summed E-state index contributed by atoms with van der Waals surface area (Å²) in [7, 11) is 0. The van der Waals surface area contributed by atoms with Crippen LogP contribution in [0.25, 0.3) is 5.57 Å². The van der Waals surface area contributed by atoms with Crippen molar-refractivity contribution in [2.75, 3.05) is 0 Å². The van der Waals surface area contributed by atoms with Gasteiger partial charge in [0.25, 0.3) is 0 Å². The molecule has 0 bridgehead atoms. The van der Waals surface area contributed by atoms with Crippen molar-refractivity contribution in [2.45, 2.75) is 64.7 Å². The number of hydrogen-bond donors (Lipinski definition) is 0. The van der Waals surface area contributed by atoms with Gasteiger partial charge in [0.2, 0.25) is 0 Å². The Bertz CT molecular complexity index is 836.